The summed E-state index contributed by atoms with van der Waals surface area (Å²) in [5.74, 6) is -2.27. The number of hydrogen-bond acceptors (Lipinski definition) is 10. The second kappa shape index (κ2) is 15.9. The molecule has 52 heavy (non-hydrogen) atoms. The molecule has 0 unspecified atom stereocenters. The van der Waals surface area contributed by atoms with Crippen LogP contribution < -0.4 is 15.5 Å². The van der Waals surface area contributed by atoms with Crippen LogP contribution in [-0.4, -0.2) is 83.9 Å². The van der Waals surface area contributed by atoms with Crippen molar-refractivity contribution in [2.75, 3.05) is 37.6 Å². The van der Waals surface area contributed by atoms with Crippen molar-refractivity contribution >= 4 is 34.9 Å². The minimum absolute atomic E-state index is 0.284. The minimum atomic E-state index is -5.22. The van der Waals surface area contributed by atoms with Gasteiger partial charge in [-0.3, -0.25) is 9.59 Å². The monoisotopic (exact) mass is 744 g/mol. The molecule has 2 aromatic heterocycles. The highest BCUT2D eigenvalue weighted by atomic mass is 32.1. The van der Waals surface area contributed by atoms with E-state index in [-0.39, 0.29) is 18.9 Å². The van der Waals surface area contributed by atoms with Crippen LogP contribution in [0.4, 0.5) is 19.0 Å². The van der Waals surface area contributed by atoms with Crippen molar-refractivity contribution in [2.45, 2.75) is 90.1 Å². The van der Waals surface area contributed by atoms with Gasteiger partial charge in [-0.05, 0) is 81.5 Å². The molecule has 0 radical (unpaired) electrons. The molecular weight excluding hydrogens is 698 g/mol. The van der Waals surface area contributed by atoms with Gasteiger partial charge in [0.15, 0.2) is 11.6 Å². The Morgan fingerprint density at radius 1 is 1.04 bits per heavy atom. The fraction of sp³-hybridized carbons (Fsp3) is 0.595. The summed E-state index contributed by atoms with van der Waals surface area (Å²) in [7, 11) is 0. The van der Waals surface area contributed by atoms with Crippen molar-refractivity contribution in [1.29, 1.82) is 0 Å². The van der Waals surface area contributed by atoms with Crippen LogP contribution in [0.2, 0.25) is 0 Å². The highest BCUT2D eigenvalue weighted by Crippen LogP contribution is 2.36. The van der Waals surface area contributed by atoms with Crippen molar-refractivity contribution in [3.8, 4) is 10.4 Å². The SMILES string of the molecule is Cc1ncsc1-c1ccc([C@H](C)NC(=O)[C@@H]2C[C@@H](OC(=O)C(F)(F)F)CN2C(=O)[C@@H](c2cc(N3CCC(C4CCNCC4)CC3)no2)C(C)C)cc1. The first-order chi connectivity index (χ1) is 24.8. The number of rotatable bonds is 10. The smallest absolute Gasteiger partial charge is 0.454 e. The summed E-state index contributed by atoms with van der Waals surface area (Å²) in [6.07, 6.45) is -2.33. The minimum Gasteiger partial charge on any atom is -0.454 e. The Kier molecular flexibility index (Phi) is 11.6. The zero-order valence-corrected chi connectivity index (χ0v) is 30.8. The summed E-state index contributed by atoms with van der Waals surface area (Å²) < 4.78 is 50.1. The summed E-state index contributed by atoms with van der Waals surface area (Å²) in [6, 6.07) is 7.73. The van der Waals surface area contributed by atoms with Crippen molar-refractivity contribution in [3.05, 3.63) is 52.9 Å². The zero-order chi connectivity index (χ0) is 37.2. The number of benzene rings is 1. The van der Waals surface area contributed by atoms with Gasteiger partial charge in [0.25, 0.3) is 0 Å². The Bertz CT molecular complexity index is 1700. The summed E-state index contributed by atoms with van der Waals surface area (Å²) in [4.78, 5) is 48.7. The van der Waals surface area contributed by atoms with E-state index in [1.54, 1.807) is 18.5 Å². The number of ether oxygens (including phenoxy) is 1. The van der Waals surface area contributed by atoms with E-state index in [2.05, 4.69) is 25.7 Å². The molecule has 0 saturated carbocycles. The molecule has 1 aromatic carbocycles. The van der Waals surface area contributed by atoms with Gasteiger partial charge >= 0.3 is 12.1 Å². The maximum absolute atomic E-state index is 14.3. The van der Waals surface area contributed by atoms with E-state index < -0.39 is 48.1 Å². The average molecular weight is 745 g/mol. The first-order valence-corrected chi connectivity index (χ1v) is 19.0. The molecule has 3 saturated heterocycles. The molecule has 15 heteroatoms. The van der Waals surface area contributed by atoms with E-state index in [1.807, 2.05) is 45.0 Å². The lowest BCUT2D eigenvalue weighted by Gasteiger charge is -2.37. The first kappa shape index (κ1) is 37.8. The van der Waals surface area contributed by atoms with E-state index in [0.29, 0.717) is 17.5 Å². The number of carbonyl (C=O) groups is 3. The molecule has 3 aliphatic heterocycles. The predicted molar refractivity (Wildman–Crippen MR) is 190 cm³/mol. The third-order valence-electron chi connectivity index (χ3n) is 10.8. The Labute approximate surface area is 305 Å². The number of nitrogens with zero attached hydrogens (tertiary/aromatic N) is 4. The molecule has 2 N–H and O–H groups in total. The number of amides is 2. The second-order valence-electron chi connectivity index (χ2n) is 14.6. The third kappa shape index (κ3) is 8.46. The normalized spacial score (nSPS) is 21.7. The lowest BCUT2D eigenvalue weighted by Crippen LogP contribution is -2.48. The van der Waals surface area contributed by atoms with E-state index >= 15 is 0 Å². The number of alkyl halides is 3. The van der Waals surface area contributed by atoms with Crippen molar-refractivity contribution in [2.24, 2.45) is 17.8 Å². The predicted octanol–water partition coefficient (Wildman–Crippen LogP) is 6.01. The maximum Gasteiger partial charge on any atom is 0.490 e. The number of halogens is 3. The topological polar surface area (TPSA) is 130 Å². The van der Waals surface area contributed by atoms with Crippen molar-refractivity contribution in [3.63, 3.8) is 0 Å². The molecule has 282 valence electrons. The quantitative estimate of drug-likeness (QED) is 0.240. The van der Waals surface area contributed by atoms with Crippen LogP contribution in [0.15, 0.2) is 40.4 Å². The molecule has 2 amide bonds. The summed E-state index contributed by atoms with van der Waals surface area (Å²) in [5, 5.41) is 10.7. The number of aryl methyl sites for hydroxylation is 1. The number of hydrogen-bond donors (Lipinski definition) is 2. The first-order valence-electron chi connectivity index (χ1n) is 18.1. The molecule has 5 heterocycles. The van der Waals surface area contributed by atoms with Crippen LogP contribution in [0.1, 0.15) is 81.9 Å². The lowest BCUT2D eigenvalue weighted by molar-refractivity contribution is -0.204. The lowest BCUT2D eigenvalue weighted by atomic mass is 9.79. The van der Waals surface area contributed by atoms with E-state index in [0.717, 1.165) is 66.6 Å². The number of esters is 1. The van der Waals surface area contributed by atoms with Gasteiger partial charge in [0, 0.05) is 25.6 Å². The van der Waals surface area contributed by atoms with Gasteiger partial charge in [0.1, 0.15) is 18.1 Å². The fourth-order valence-electron chi connectivity index (χ4n) is 7.89. The molecule has 0 spiro atoms. The van der Waals surface area contributed by atoms with Gasteiger partial charge in [-0.2, -0.15) is 13.2 Å². The van der Waals surface area contributed by atoms with Crippen LogP contribution in [0, 0.1) is 24.7 Å². The summed E-state index contributed by atoms with van der Waals surface area (Å²) in [5.41, 5.74) is 4.48. The van der Waals surface area contributed by atoms with E-state index in [4.69, 9.17) is 9.26 Å². The van der Waals surface area contributed by atoms with Crippen LogP contribution in [0.25, 0.3) is 10.4 Å². The number of aromatic nitrogens is 2. The van der Waals surface area contributed by atoms with Crippen LogP contribution in [0.5, 0.6) is 0 Å². The molecular formula is C37H47F3N6O5S. The molecule has 3 aliphatic rings. The molecule has 3 fully saturated rings. The van der Waals surface area contributed by atoms with Gasteiger partial charge in [0.2, 0.25) is 11.8 Å². The van der Waals surface area contributed by atoms with Crippen molar-refractivity contribution in [1.82, 2.24) is 25.7 Å². The van der Waals surface area contributed by atoms with Gasteiger partial charge < -0.3 is 29.7 Å². The second-order valence-corrected chi connectivity index (χ2v) is 15.5. The van der Waals surface area contributed by atoms with Gasteiger partial charge in [-0.25, -0.2) is 9.78 Å². The zero-order valence-electron chi connectivity index (χ0n) is 29.9. The van der Waals surface area contributed by atoms with Crippen molar-refractivity contribution < 1.29 is 36.8 Å². The van der Waals surface area contributed by atoms with Gasteiger partial charge in [-0.1, -0.05) is 43.3 Å². The molecule has 0 aliphatic carbocycles. The standard InChI is InChI=1S/C37H47F3N6O5S/c1-21(2)32(30-18-31(44-51-30)45-15-11-26(12-16-45)25-9-13-41-14-10-25)35(48)46-19-28(50-36(49)37(38,39)40)17-29(46)34(47)43-22(3)24-5-7-27(8-6-24)33-23(4)42-20-52-33/h5-8,18,20-22,25-26,28-29,32,41H,9-17,19H2,1-4H3,(H,43,47)/t22-,28+,29-,32+/m0/s1. The number of nitrogens with one attached hydrogen (secondary N) is 2. The maximum atomic E-state index is 14.3. The number of likely N-dealkylation sites (tertiary alicyclic amines) is 1. The Morgan fingerprint density at radius 2 is 1.71 bits per heavy atom. The Hall–Kier alpha value is -3.98. The van der Waals surface area contributed by atoms with E-state index in [1.165, 1.54) is 29.1 Å². The molecule has 3 aromatic rings. The number of piperidine rings is 2. The fourth-order valence-corrected chi connectivity index (χ4v) is 8.70. The Morgan fingerprint density at radius 3 is 2.33 bits per heavy atom. The number of anilines is 1. The number of thiazole rings is 1. The van der Waals surface area contributed by atoms with E-state index in [9.17, 15) is 27.6 Å². The van der Waals surface area contributed by atoms with Gasteiger partial charge in [0.05, 0.1) is 28.7 Å². The van der Waals surface area contributed by atoms with Crippen LogP contribution in [0.3, 0.4) is 0 Å². The van der Waals surface area contributed by atoms with Gasteiger partial charge in [-0.15, -0.1) is 11.3 Å². The highest BCUT2D eigenvalue weighted by molar-refractivity contribution is 7.13. The average Bonchev–Trinajstić information content (AvgIpc) is 3.89. The largest absolute Gasteiger partial charge is 0.490 e. The molecule has 0 bridgehead atoms. The number of carbonyl (C=O) groups excluding carboxylic acids is 3. The summed E-state index contributed by atoms with van der Waals surface area (Å²) >= 11 is 1.53. The van der Waals surface area contributed by atoms with Crippen LogP contribution >= 0.6 is 11.3 Å². The highest BCUT2D eigenvalue weighted by Gasteiger charge is 2.48. The Balaban J connectivity index is 1.16. The summed E-state index contributed by atoms with van der Waals surface area (Å²) in [6.45, 7) is 10.8. The van der Waals surface area contributed by atoms with Crippen LogP contribution in [-0.2, 0) is 19.1 Å². The third-order valence-corrected chi connectivity index (χ3v) is 11.8. The molecule has 11 nitrogen and oxygen atoms in total. The molecule has 4 atom stereocenters. The molecule has 6 rings (SSSR count).